The molecule has 0 N–H and O–H groups in total. The molecule has 1 saturated heterocycles. The molecule has 0 bridgehead atoms. The van der Waals surface area contributed by atoms with Gasteiger partial charge in [0.1, 0.15) is 5.75 Å². The average molecular weight is 356 g/mol. The zero-order chi connectivity index (χ0) is 17.7. The van der Waals surface area contributed by atoms with Crippen molar-refractivity contribution in [3.8, 4) is 5.75 Å². The van der Waals surface area contributed by atoms with E-state index < -0.39 is 16.1 Å². The fourth-order valence-electron chi connectivity index (χ4n) is 2.69. The van der Waals surface area contributed by atoms with Gasteiger partial charge in [0.2, 0.25) is 10.0 Å². The van der Waals surface area contributed by atoms with Crippen molar-refractivity contribution in [2.75, 3.05) is 39.9 Å². The molecule has 1 aromatic carbocycles. The first-order valence-electron chi connectivity index (χ1n) is 7.96. The van der Waals surface area contributed by atoms with Crippen LogP contribution in [0.3, 0.4) is 0 Å². The lowest BCUT2D eigenvalue weighted by molar-refractivity contribution is 0.126. The molecular weight excluding hydrogens is 332 g/mol. The van der Waals surface area contributed by atoms with Gasteiger partial charge >= 0.3 is 6.09 Å². The van der Waals surface area contributed by atoms with Gasteiger partial charge in [-0.1, -0.05) is 0 Å². The lowest BCUT2D eigenvalue weighted by atomic mass is 10.2. The maximum Gasteiger partial charge on any atom is 0.409 e. The number of hydrogen-bond donors (Lipinski definition) is 0. The number of nitrogens with zero attached hydrogens (tertiary/aromatic N) is 2. The summed E-state index contributed by atoms with van der Waals surface area (Å²) in [5.74, 6) is 0.684. The molecule has 1 aliphatic rings. The summed E-state index contributed by atoms with van der Waals surface area (Å²) in [7, 11) is -2.27. The van der Waals surface area contributed by atoms with Gasteiger partial charge in [0.25, 0.3) is 0 Å². The van der Waals surface area contributed by atoms with Gasteiger partial charge in [-0.3, -0.25) is 0 Å². The van der Waals surface area contributed by atoms with Crippen molar-refractivity contribution in [3.05, 3.63) is 23.8 Å². The van der Waals surface area contributed by atoms with Crippen molar-refractivity contribution in [1.29, 1.82) is 0 Å². The molecule has 1 fully saturated rings. The molecule has 2 rings (SSSR count). The number of carbonyl (C=O) groups excluding carboxylic acids is 1. The Hall–Kier alpha value is -1.80. The normalized spacial score (nSPS) is 16.5. The van der Waals surface area contributed by atoms with E-state index in [0.29, 0.717) is 38.4 Å². The molecule has 0 saturated carbocycles. The summed E-state index contributed by atoms with van der Waals surface area (Å²) in [4.78, 5) is 13.4. The molecule has 0 aliphatic carbocycles. The van der Waals surface area contributed by atoms with Crippen molar-refractivity contribution >= 4 is 16.1 Å². The molecule has 7 nitrogen and oxygen atoms in total. The summed E-state index contributed by atoms with van der Waals surface area (Å²) in [5.41, 5.74) is 0.781. The van der Waals surface area contributed by atoms with Crippen LogP contribution < -0.4 is 4.74 Å². The number of sulfonamides is 1. The molecule has 1 aromatic rings. The molecular formula is C16H24N2O5S. The molecule has 1 amide bonds. The van der Waals surface area contributed by atoms with Crippen LogP contribution in [0.2, 0.25) is 0 Å². The van der Waals surface area contributed by atoms with E-state index in [1.165, 1.54) is 16.3 Å². The van der Waals surface area contributed by atoms with E-state index in [0.717, 1.165) is 5.56 Å². The predicted octanol–water partition coefficient (Wildman–Crippen LogP) is 1.86. The molecule has 1 heterocycles. The van der Waals surface area contributed by atoms with Gasteiger partial charge in [-0.15, -0.1) is 0 Å². The van der Waals surface area contributed by atoms with Crippen molar-refractivity contribution in [1.82, 2.24) is 9.21 Å². The van der Waals surface area contributed by atoms with Gasteiger partial charge in [-0.2, -0.15) is 4.31 Å². The quantitative estimate of drug-likeness (QED) is 0.823. The first-order valence-corrected chi connectivity index (χ1v) is 9.40. The second-order valence-corrected chi connectivity index (χ2v) is 7.51. The van der Waals surface area contributed by atoms with E-state index in [-0.39, 0.29) is 11.4 Å². The lowest BCUT2D eigenvalue weighted by Gasteiger charge is -2.21. The summed E-state index contributed by atoms with van der Waals surface area (Å²) in [6, 6.07) is 4.88. The van der Waals surface area contributed by atoms with Crippen LogP contribution in [0.25, 0.3) is 0 Å². The third-order valence-corrected chi connectivity index (χ3v) is 5.87. The van der Waals surface area contributed by atoms with Crippen molar-refractivity contribution < 1.29 is 22.7 Å². The summed E-state index contributed by atoms with van der Waals surface area (Å²) in [6.45, 7) is 5.68. The van der Waals surface area contributed by atoms with Gasteiger partial charge in [0.15, 0.2) is 0 Å². The third-order valence-electron chi connectivity index (χ3n) is 3.97. The van der Waals surface area contributed by atoms with Crippen LogP contribution in [0.1, 0.15) is 18.9 Å². The molecule has 24 heavy (non-hydrogen) atoms. The predicted molar refractivity (Wildman–Crippen MR) is 89.7 cm³/mol. The topological polar surface area (TPSA) is 76.2 Å². The van der Waals surface area contributed by atoms with E-state index in [2.05, 4.69) is 0 Å². The Labute approximate surface area is 143 Å². The van der Waals surface area contributed by atoms with Crippen LogP contribution in [0.15, 0.2) is 23.1 Å². The van der Waals surface area contributed by atoms with Gasteiger partial charge in [0, 0.05) is 26.2 Å². The fraction of sp³-hybridized carbons (Fsp3) is 0.562. The average Bonchev–Trinajstić information content (AvgIpc) is 2.82. The molecule has 0 spiro atoms. The largest absolute Gasteiger partial charge is 0.494 e. The number of aryl methyl sites for hydroxylation is 1. The number of benzene rings is 1. The first kappa shape index (κ1) is 18.5. The van der Waals surface area contributed by atoms with Gasteiger partial charge < -0.3 is 14.4 Å². The Kier molecular flexibility index (Phi) is 6.06. The van der Waals surface area contributed by atoms with E-state index in [1.807, 2.05) is 13.8 Å². The fourth-order valence-corrected chi connectivity index (χ4v) is 4.25. The minimum atomic E-state index is -3.60. The smallest absolute Gasteiger partial charge is 0.409 e. The maximum absolute atomic E-state index is 12.9. The molecule has 0 unspecified atom stereocenters. The molecule has 134 valence electrons. The highest BCUT2D eigenvalue weighted by molar-refractivity contribution is 7.89. The Balaban J connectivity index is 2.18. The lowest BCUT2D eigenvalue weighted by Crippen LogP contribution is -2.37. The second-order valence-electron chi connectivity index (χ2n) is 5.58. The van der Waals surface area contributed by atoms with E-state index >= 15 is 0 Å². The van der Waals surface area contributed by atoms with Gasteiger partial charge in [-0.25, -0.2) is 13.2 Å². The summed E-state index contributed by atoms with van der Waals surface area (Å²) in [5, 5.41) is 0. The van der Waals surface area contributed by atoms with E-state index in [9.17, 15) is 13.2 Å². The Bertz CT molecular complexity index is 690. The van der Waals surface area contributed by atoms with Crippen LogP contribution in [0.4, 0.5) is 4.79 Å². The number of hydrogen-bond acceptors (Lipinski definition) is 5. The molecule has 1 aliphatic heterocycles. The Morgan fingerprint density at radius 1 is 1.21 bits per heavy atom. The van der Waals surface area contributed by atoms with Gasteiger partial charge in [-0.05, 0) is 44.0 Å². The highest BCUT2D eigenvalue weighted by Gasteiger charge is 2.28. The highest BCUT2D eigenvalue weighted by Crippen LogP contribution is 2.24. The van der Waals surface area contributed by atoms with Crippen LogP contribution in [0, 0.1) is 6.92 Å². The SMILES string of the molecule is CCOc1ccc(S(=O)(=O)N2CCCN(C(=O)OC)CC2)cc1C. The number of amides is 1. The van der Waals surface area contributed by atoms with Crippen molar-refractivity contribution in [3.63, 3.8) is 0 Å². The number of ether oxygens (including phenoxy) is 2. The number of carbonyl (C=O) groups is 1. The zero-order valence-electron chi connectivity index (χ0n) is 14.3. The van der Waals surface area contributed by atoms with E-state index in [4.69, 9.17) is 9.47 Å². The van der Waals surface area contributed by atoms with E-state index in [1.54, 1.807) is 18.2 Å². The van der Waals surface area contributed by atoms with Crippen LogP contribution in [0.5, 0.6) is 5.75 Å². The Morgan fingerprint density at radius 3 is 2.58 bits per heavy atom. The minimum Gasteiger partial charge on any atom is -0.494 e. The summed E-state index contributed by atoms with van der Waals surface area (Å²) >= 11 is 0. The summed E-state index contributed by atoms with van der Waals surface area (Å²) < 4.78 is 37.3. The third kappa shape index (κ3) is 3.99. The Morgan fingerprint density at radius 2 is 1.96 bits per heavy atom. The number of methoxy groups -OCH3 is 1. The second kappa shape index (κ2) is 7.85. The number of rotatable bonds is 4. The molecule has 0 atom stereocenters. The van der Waals surface area contributed by atoms with Crippen LogP contribution in [-0.4, -0.2) is 63.6 Å². The highest BCUT2D eigenvalue weighted by atomic mass is 32.2. The molecule has 8 heteroatoms. The van der Waals surface area contributed by atoms with Gasteiger partial charge in [0.05, 0.1) is 18.6 Å². The standard InChI is InChI=1S/C16H24N2O5S/c1-4-23-15-7-6-14(12-13(15)2)24(20,21)18-9-5-8-17(10-11-18)16(19)22-3/h6-7,12H,4-5,8-11H2,1-3H3. The molecule has 0 radical (unpaired) electrons. The van der Waals surface area contributed by atoms with Crippen LogP contribution >= 0.6 is 0 Å². The first-order chi connectivity index (χ1) is 11.4. The summed E-state index contributed by atoms with van der Waals surface area (Å²) in [6.07, 6.45) is 0.149. The molecule has 0 aromatic heterocycles. The maximum atomic E-state index is 12.9. The van der Waals surface area contributed by atoms with Crippen LogP contribution in [-0.2, 0) is 14.8 Å². The minimum absolute atomic E-state index is 0.245. The van der Waals surface area contributed by atoms with Crippen molar-refractivity contribution in [2.24, 2.45) is 0 Å². The van der Waals surface area contributed by atoms with Crippen molar-refractivity contribution in [2.45, 2.75) is 25.2 Å². The zero-order valence-corrected chi connectivity index (χ0v) is 15.1. The monoisotopic (exact) mass is 356 g/mol.